The van der Waals surface area contributed by atoms with Crippen LogP contribution in [0.2, 0.25) is 5.02 Å². The Kier molecular flexibility index (Phi) is 19.5. The van der Waals surface area contributed by atoms with Gasteiger partial charge < -0.3 is 51.8 Å². The molecule has 0 nitrogen and oxygen atoms in total. The van der Waals surface area contributed by atoms with Crippen LogP contribution in [0.5, 0.6) is 0 Å². The van der Waals surface area contributed by atoms with Gasteiger partial charge in [0.1, 0.15) is 5.82 Å². The quantitative estimate of drug-likeness (QED) is 0.364. The van der Waals surface area contributed by atoms with Gasteiger partial charge in [0, 0.05) is 0 Å². The van der Waals surface area contributed by atoms with Crippen LogP contribution in [0.15, 0.2) is 24.3 Å². The van der Waals surface area contributed by atoms with Crippen molar-refractivity contribution in [3.05, 3.63) is 35.1 Å². The molecule has 24 heavy (non-hydrogen) atoms. The van der Waals surface area contributed by atoms with Gasteiger partial charge in [0.05, 0.1) is 5.02 Å². The zero-order valence-corrected chi connectivity index (χ0v) is 11.1. The molecule has 0 radical (unpaired) electrons. The Morgan fingerprint density at radius 1 is 0.583 bits per heavy atom. The molecule has 0 unspecified atom stereocenters. The average Bonchev–Trinajstić information content (AvgIpc) is 2.14. The molecule has 1 aromatic carbocycles. The van der Waals surface area contributed by atoms with Crippen molar-refractivity contribution in [2.45, 2.75) is 0 Å². The topological polar surface area (TPSA) is 0 Å². The molecule has 0 heterocycles. The van der Waals surface area contributed by atoms with Gasteiger partial charge in [-0.05, 0) is 12.1 Å². The Balaban J connectivity index is -0.000000113. The molecule has 0 atom stereocenters. The molecular formula is C6H5B3ClF13K-3. The van der Waals surface area contributed by atoms with Gasteiger partial charge in [0.15, 0.2) is 0 Å². The average molecular weight is 431 g/mol. The molecule has 0 aliphatic carbocycles. The first-order valence-electron chi connectivity index (χ1n) is 4.82. The summed E-state index contributed by atoms with van der Waals surface area (Å²) in [4.78, 5) is 0. The predicted octanol–water partition coefficient (Wildman–Crippen LogP) is 5.73. The summed E-state index contributed by atoms with van der Waals surface area (Å²) in [6.45, 7) is 0. The maximum atomic E-state index is 12.2. The number of rotatable bonds is 0. The molecule has 0 saturated heterocycles. The summed E-state index contributed by atoms with van der Waals surface area (Å²) in [5.41, 5.74) is 0. The second-order valence-electron chi connectivity index (χ2n) is 2.90. The summed E-state index contributed by atoms with van der Waals surface area (Å²) >= 11 is 5.33. The van der Waals surface area contributed by atoms with E-state index >= 15 is 0 Å². The van der Waals surface area contributed by atoms with E-state index in [1.165, 1.54) is 12.1 Å². The van der Waals surface area contributed by atoms with Gasteiger partial charge in [-0.1, -0.05) is 23.7 Å². The Morgan fingerprint density at radius 3 is 0.917 bits per heavy atom. The molecule has 140 valence electrons. The molecule has 0 fully saturated rings. The normalized spacial score (nSPS) is 10.6. The molecule has 0 bridgehead atoms. The third-order valence-electron chi connectivity index (χ3n) is 0.824. The molecule has 0 aromatic heterocycles. The van der Waals surface area contributed by atoms with E-state index in [2.05, 4.69) is 0 Å². The predicted molar refractivity (Wildman–Crippen MR) is 69.1 cm³/mol. The van der Waals surface area contributed by atoms with Crippen LogP contribution in [0, 0.1) is 5.82 Å². The maximum absolute atomic E-state index is 12.2. The monoisotopic (exact) mass is 431 g/mol. The molecule has 18 heteroatoms. The SMILES string of the molecule is F[B-](F)(F)F.F[B-](F)(F)F.F[B-](F)(F)F.Fc1ccccc1Cl.[KH]. The molecule has 0 N–H and O–H groups in total. The minimum atomic E-state index is -6.00. The third kappa shape index (κ3) is 78.8. The standard InChI is InChI=1S/C6H4ClF.3BF4.K.H/c7-5-3-1-2-4-6(5)8;3*2-1(3,4)5;;/h1-4H;;;;;/q;3*-1;;. The molecule has 1 aromatic rings. The van der Waals surface area contributed by atoms with Gasteiger partial charge in [0.25, 0.3) is 0 Å². The molecule has 0 aliphatic rings. The van der Waals surface area contributed by atoms with E-state index in [0.717, 1.165) is 0 Å². The second-order valence-corrected chi connectivity index (χ2v) is 3.31. The van der Waals surface area contributed by atoms with Crippen molar-refractivity contribution in [1.82, 2.24) is 0 Å². The molecule has 0 spiro atoms. The number of hydrogen-bond acceptors (Lipinski definition) is 0. The summed E-state index contributed by atoms with van der Waals surface area (Å²) in [6.07, 6.45) is 0. The van der Waals surface area contributed by atoms with E-state index in [1.807, 2.05) is 0 Å². The van der Waals surface area contributed by atoms with Crippen molar-refractivity contribution in [1.29, 1.82) is 0 Å². The van der Waals surface area contributed by atoms with E-state index in [1.54, 1.807) is 12.1 Å². The molecular weight excluding hydrogens is 426 g/mol. The number of benzene rings is 1. The second kappa shape index (κ2) is 14.6. The van der Waals surface area contributed by atoms with E-state index in [-0.39, 0.29) is 62.2 Å². The van der Waals surface area contributed by atoms with Crippen LogP contribution in [0.4, 0.5) is 56.2 Å². The summed E-state index contributed by atoms with van der Waals surface area (Å²) in [5.74, 6) is -0.367. The fourth-order valence-electron chi connectivity index (χ4n) is 0.439. The van der Waals surface area contributed by atoms with Gasteiger partial charge >= 0.3 is 73.1 Å². The summed E-state index contributed by atoms with van der Waals surface area (Å²) < 4.78 is 129. The Bertz CT molecular complexity index is 352. The molecule has 0 amide bonds. The fraction of sp³-hybridized carbons (Fsp3) is 0. The van der Waals surface area contributed by atoms with E-state index in [9.17, 15) is 56.2 Å². The summed E-state index contributed by atoms with van der Waals surface area (Å²) in [7, 11) is -18.0. The third-order valence-corrected chi connectivity index (χ3v) is 1.13. The van der Waals surface area contributed by atoms with E-state index in [4.69, 9.17) is 11.6 Å². The van der Waals surface area contributed by atoms with Crippen molar-refractivity contribution in [2.75, 3.05) is 0 Å². The summed E-state index contributed by atoms with van der Waals surface area (Å²) in [6, 6.07) is 6.12. The zero-order valence-electron chi connectivity index (χ0n) is 10.3. The van der Waals surface area contributed by atoms with Crippen LogP contribution in [-0.2, 0) is 0 Å². The van der Waals surface area contributed by atoms with Crippen LogP contribution >= 0.6 is 11.6 Å². The van der Waals surface area contributed by atoms with Gasteiger partial charge in [0.2, 0.25) is 0 Å². The van der Waals surface area contributed by atoms with Gasteiger partial charge in [-0.25, -0.2) is 4.39 Å². The van der Waals surface area contributed by atoms with Gasteiger partial charge in [-0.2, -0.15) is 0 Å². The van der Waals surface area contributed by atoms with Crippen LogP contribution in [0.25, 0.3) is 0 Å². The first-order chi connectivity index (χ1) is 9.80. The van der Waals surface area contributed by atoms with Crippen LogP contribution in [0.1, 0.15) is 0 Å². The van der Waals surface area contributed by atoms with Crippen molar-refractivity contribution in [2.24, 2.45) is 0 Å². The number of halogens is 14. The molecule has 0 saturated carbocycles. The van der Waals surface area contributed by atoms with Crippen molar-refractivity contribution >= 4 is 84.7 Å². The van der Waals surface area contributed by atoms with Crippen LogP contribution < -0.4 is 0 Å². The van der Waals surface area contributed by atoms with Gasteiger partial charge in [-0.3, -0.25) is 0 Å². The Morgan fingerprint density at radius 2 is 0.792 bits per heavy atom. The van der Waals surface area contributed by atoms with Crippen molar-refractivity contribution in [3.63, 3.8) is 0 Å². The van der Waals surface area contributed by atoms with Crippen molar-refractivity contribution in [3.8, 4) is 0 Å². The Hall–Kier alpha value is 0.431. The summed E-state index contributed by atoms with van der Waals surface area (Å²) in [5, 5.41) is 0.174. The minimum absolute atomic E-state index is 0. The molecule has 1 rings (SSSR count). The van der Waals surface area contributed by atoms with E-state index < -0.39 is 21.8 Å². The van der Waals surface area contributed by atoms with Crippen molar-refractivity contribution < 1.29 is 56.2 Å². The fourth-order valence-corrected chi connectivity index (χ4v) is 0.575. The zero-order chi connectivity index (χ0) is 19.5. The Labute approximate surface area is 174 Å². The number of hydrogen-bond donors (Lipinski definition) is 0. The first-order valence-corrected chi connectivity index (χ1v) is 5.20. The van der Waals surface area contributed by atoms with Crippen LogP contribution in [0.3, 0.4) is 0 Å². The first kappa shape index (κ1) is 32.1. The van der Waals surface area contributed by atoms with E-state index in [0.29, 0.717) is 0 Å². The van der Waals surface area contributed by atoms with Crippen LogP contribution in [-0.4, -0.2) is 73.1 Å². The van der Waals surface area contributed by atoms with Gasteiger partial charge in [-0.15, -0.1) is 0 Å². The molecule has 0 aliphatic heterocycles.